The molecule has 0 radical (unpaired) electrons. The Balaban J connectivity index is 2.39. The summed E-state index contributed by atoms with van der Waals surface area (Å²) in [5.74, 6) is -0.379. The summed E-state index contributed by atoms with van der Waals surface area (Å²) in [4.78, 5) is 1.15. The van der Waals surface area contributed by atoms with Gasteiger partial charge < -0.3 is 0 Å². The number of hydrogen-bond acceptors (Lipinski definition) is 2. The first kappa shape index (κ1) is 13.4. The third kappa shape index (κ3) is 3.24. The number of nitriles is 1. The van der Waals surface area contributed by atoms with Crippen LogP contribution in [0.25, 0.3) is 11.6 Å². The average molecular weight is 269 g/mol. The molecule has 0 N–H and O–H groups in total. The molecule has 19 heavy (non-hydrogen) atoms. The Morgan fingerprint density at radius 3 is 2.42 bits per heavy atom. The summed E-state index contributed by atoms with van der Waals surface area (Å²) in [5, 5.41) is 9.18. The van der Waals surface area contributed by atoms with Crippen molar-refractivity contribution in [1.29, 1.82) is 5.26 Å². The van der Waals surface area contributed by atoms with Gasteiger partial charge in [0.15, 0.2) is 0 Å². The van der Waals surface area contributed by atoms with Gasteiger partial charge in [-0.25, -0.2) is 4.39 Å². The minimum Gasteiger partial charge on any atom is -0.206 e. The Hall–Kier alpha value is -2.05. The van der Waals surface area contributed by atoms with Crippen LogP contribution in [-0.2, 0) is 0 Å². The average Bonchev–Trinajstić information content (AvgIpc) is 2.46. The third-order valence-electron chi connectivity index (χ3n) is 2.71. The van der Waals surface area contributed by atoms with Crippen LogP contribution >= 0.6 is 11.8 Å². The summed E-state index contributed by atoms with van der Waals surface area (Å²) in [7, 11) is 0. The molecule has 3 heteroatoms. The summed E-state index contributed by atoms with van der Waals surface area (Å²) in [6.07, 6.45) is 3.70. The molecule has 94 valence electrons. The topological polar surface area (TPSA) is 23.8 Å². The van der Waals surface area contributed by atoms with Gasteiger partial charge in [-0.3, -0.25) is 0 Å². The van der Waals surface area contributed by atoms with E-state index in [1.54, 1.807) is 36.0 Å². The number of hydrogen-bond donors (Lipinski definition) is 0. The smallest absolute Gasteiger partial charge is 0.131 e. The van der Waals surface area contributed by atoms with Crippen LogP contribution < -0.4 is 0 Å². The molecule has 0 bridgehead atoms. The molecular formula is C16H12FNS. The molecule has 0 spiro atoms. The molecule has 2 rings (SSSR count). The van der Waals surface area contributed by atoms with E-state index in [0.29, 0.717) is 11.1 Å². The van der Waals surface area contributed by atoms with Gasteiger partial charge >= 0.3 is 0 Å². The van der Waals surface area contributed by atoms with Crippen molar-refractivity contribution in [2.24, 2.45) is 0 Å². The molecule has 0 atom stereocenters. The maximum absolute atomic E-state index is 13.7. The number of benzene rings is 2. The second-order valence-corrected chi connectivity index (χ2v) is 4.80. The van der Waals surface area contributed by atoms with Gasteiger partial charge in [0.2, 0.25) is 0 Å². The monoisotopic (exact) mass is 269 g/mol. The fourth-order valence-corrected chi connectivity index (χ4v) is 2.12. The van der Waals surface area contributed by atoms with Crippen molar-refractivity contribution in [3.8, 4) is 6.07 Å². The zero-order valence-corrected chi connectivity index (χ0v) is 11.2. The Bertz CT molecular complexity index is 639. The van der Waals surface area contributed by atoms with Gasteiger partial charge in [0.25, 0.3) is 0 Å². The standard InChI is InChI=1S/C16H12FNS/c1-19-14-8-6-12(7-9-14)10-13(11-18)15-4-2-3-5-16(15)17/h2-10H,1H3. The van der Waals surface area contributed by atoms with Crippen LogP contribution in [0.3, 0.4) is 0 Å². The molecule has 0 saturated carbocycles. The largest absolute Gasteiger partial charge is 0.206 e. The summed E-state index contributed by atoms with van der Waals surface area (Å²) in [6.45, 7) is 0. The number of thioether (sulfide) groups is 1. The Labute approximate surface area is 116 Å². The van der Waals surface area contributed by atoms with Gasteiger partial charge in [0.1, 0.15) is 5.82 Å². The molecule has 0 aliphatic heterocycles. The van der Waals surface area contributed by atoms with Crippen molar-refractivity contribution >= 4 is 23.4 Å². The highest BCUT2D eigenvalue weighted by Gasteiger charge is 2.06. The minimum atomic E-state index is -0.379. The molecule has 2 aromatic rings. The second kappa shape index (κ2) is 6.21. The van der Waals surface area contributed by atoms with Crippen molar-refractivity contribution in [2.45, 2.75) is 4.90 Å². The van der Waals surface area contributed by atoms with Crippen molar-refractivity contribution < 1.29 is 4.39 Å². The molecule has 0 amide bonds. The van der Waals surface area contributed by atoms with Crippen molar-refractivity contribution in [3.05, 3.63) is 65.5 Å². The third-order valence-corrected chi connectivity index (χ3v) is 3.45. The van der Waals surface area contributed by atoms with Gasteiger partial charge in [0, 0.05) is 10.5 Å². The first-order valence-electron chi connectivity index (χ1n) is 5.75. The fourth-order valence-electron chi connectivity index (χ4n) is 1.72. The van der Waals surface area contributed by atoms with E-state index < -0.39 is 0 Å². The highest BCUT2D eigenvalue weighted by atomic mass is 32.2. The molecule has 0 aromatic heterocycles. The van der Waals surface area contributed by atoms with E-state index in [9.17, 15) is 9.65 Å². The lowest BCUT2D eigenvalue weighted by Crippen LogP contribution is -1.87. The fraction of sp³-hybridized carbons (Fsp3) is 0.0625. The van der Waals surface area contributed by atoms with Gasteiger partial charge in [-0.1, -0.05) is 30.3 Å². The Morgan fingerprint density at radius 2 is 1.84 bits per heavy atom. The molecule has 0 fully saturated rings. The molecule has 2 aromatic carbocycles. The van der Waals surface area contributed by atoms with Gasteiger partial charge in [-0.05, 0) is 36.1 Å². The molecule has 1 nitrogen and oxygen atoms in total. The quantitative estimate of drug-likeness (QED) is 0.461. The molecular weight excluding hydrogens is 257 g/mol. The lowest BCUT2D eigenvalue weighted by molar-refractivity contribution is 0.624. The van der Waals surface area contributed by atoms with Crippen LogP contribution in [0.2, 0.25) is 0 Å². The summed E-state index contributed by atoms with van der Waals surface area (Å²) in [5.41, 5.74) is 1.55. The van der Waals surface area contributed by atoms with E-state index >= 15 is 0 Å². The van der Waals surface area contributed by atoms with Crippen LogP contribution in [0.1, 0.15) is 11.1 Å². The first-order valence-corrected chi connectivity index (χ1v) is 6.98. The molecule has 0 heterocycles. The SMILES string of the molecule is CSc1ccc(C=C(C#N)c2ccccc2F)cc1. The van der Waals surface area contributed by atoms with Crippen LogP contribution in [-0.4, -0.2) is 6.26 Å². The number of halogens is 1. The molecule has 0 aliphatic rings. The van der Waals surface area contributed by atoms with E-state index in [1.807, 2.05) is 30.5 Å². The van der Waals surface area contributed by atoms with Crippen LogP contribution in [0.4, 0.5) is 4.39 Å². The first-order chi connectivity index (χ1) is 9.24. The van der Waals surface area contributed by atoms with Gasteiger partial charge in [-0.15, -0.1) is 11.8 Å². The summed E-state index contributed by atoms with van der Waals surface area (Å²) >= 11 is 1.66. The molecule has 0 aliphatic carbocycles. The highest BCUT2D eigenvalue weighted by Crippen LogP contribution is 2.22. The second-order valence-electron chi connectivity index (χ2n) is 3.92. The van der Waals surface area contributed by atoms with Gasteiger partial charge in [-0.2, -0.15) is 5.26 Å². The number of rotatable bonds is 3. The predicted molar refractivity (Wildman–Crippen MR) is 78.1 cm³/mol. The predicted octanol–water partition coefficient (Wildman–Crippen LogP) is 4.61. The van der Waals surface area contributed by atoms with Crippen molar-refractivity contribution in [3.63, 3.8) is 0 Å². The van der Waals surface area contributed by atoms with Crippen molar-refractivity contribution in [2.75, 3.05) is 6.26 Å². The zero-order valence-electron chi connectivity index (χ0n) is 10.4. The maximum atomic E-state index is 13.7. The van der Waals surface area contributed by atoms with E-state index in [1.165, 1.54) is 6.07 Å². The molecule has 0 saturated heterocycles. The summed E-state index contributed by atoms with van der Waals surface area (Å²) < 4.78 is 13.7. The number of nitrogens with zero attached hydrogens (tertiary/aromatic N) is 1. The maximum Gasteiger partial charge on any atom is 0.131 e. The van der Waals surface area contributed by atoms with Crippen molar-refractivity contribution in [1.82, 2.24) is 0 Å². The number of allylic oxidation sites excluding steroid dienone is 1. The normalized spacial score (nSPS) is 11.1. The Morgan fingerprint density at radius 1 is 1.16 bits per heavy atom. The van der Waals surface area contributed by atoms with E-state index in [4.69, 9.17) is 0 Å². The van der Waals surface area contributed by atoms with Crippen LogP contribution in [0.15, 0.2) is 53.4 Å². The Kier molecular flexibility index (Phi) is 4.38. The zero-order chi connectivity index (χ0) is 13.7. The lowest BCUT2D eigenvalue weighted by atomic mass is 10.0. The molecule has 0 unspecified atom stereocenters. The van der Waals surface area contributed by atoms with E-state index in [-0.39, 0.29) is 5.82 Å². The van der Waals surface area contributed by atoms with E-state index in [0.717, 1.165) is 10.5 Å². The minimum absolute atomic E-state index is 0.329. The highest BCUT2D eigenvalue weighted by molar-refractivity contribution is 7.98. The lowest BCUT2D eigenvalue weighted by Gasteiger charge is -2.02. The van der Waals surface area contributed by atoms with Crippen LogP contribution in [0, 0.1) is 17.1 Å². The van der Waals surface area contributed by atoms with Gasteiger partial charge in [0.05, 0.1) is 11.6 Å². The van der Waals surface area contributed by atoms with E-state index in [2.05, 4.69) is 6.07 Å². The van der Waals surface area contributed by atoms with Crippen LogP contribution in [0.5, 0.6) is 0 Å². The summed E-state index contributed by atoms with van der Waals surface area (Å²) in [6, 6.07) is 16.2.